The van der Waals surface area contributed by atoms with Gasteiger partial charge in [-0.25, -0.2) is 4.79 Å². The van der Waals surface area contributed by atoms with Crippen molar-refractivity contribution in [2.75, 3.05) is 11.9 Å². The average Bonchev–Trinajstić information content (AvgIpc) is 2.51. The molecule has 0 saturated carbocycles. The van der Waals surface area contributed by atoms with E-state index in [0.29, 0.717) is 0 Å². The molecular weight excluding hydrogens is 296 g/mol. The third kappa shape index (κ3) is 4.79. The predicted octanol–water partition coefficient (Wildman–Crippen LogP) is 3.65. The monoisotopic (exact) mass is 316 g/mol. The molecule has 2 aromatic rings. The van der Waals surface area contributed by atoms with Crippen LogP contribution in [-0.4, -0.2) is 23.8 Å². The Labute approximate surface area is 134 Å². The molecule has 0 aliphatic carbocycles. The second-order valence-corrected chi connectivity index (χ2v) is 6.22. The molecule has 1 atom stereocenters. The van der Waals surface area contributed by atoms with Crippen molar-refractivity contribution < 1.29 is 9.90 Å². The third-order valence-electron chi connectivity index (χ3n) is 3.08. The molecule has 0 spiro atoms. The maximum atomic E-state index is 11.8. The van der Waals surface area contributed by atoms with E-state index in [1.807, 2.05) is 43.3 Å². The van der Waals surface area contributed by atoms with E-state index < -0.39 is 0 Å². The fourth-order valence-electron chi connectivity index (χ4n) is 1.89. The Kier molecular flexibility index (Phi) is 5.86. The van der Waals surface area contributed by atoms with E-state index in [2.05, 4.69) is 22.8 Å². The summed E-state index contributed by atoms with van der Waals surface area (Å²) >= 11 is 1.68. The highest BCUT2D eigenvalue weighted by Gasteiger charge is 2.08. The zero-order chi connectivity index (χ0) is 15.9. The first-order valence-electron chi connectivity index (χ1n) is 7.10. The highest BCUT2D eigenvalue weighted by Crippen LogP contribution is 2.30. The molecule has 0 aliphatic rings. The van der Waals surface area contributed by atoms with E-state index in [0.717, 1.165) is 16.1 Å². The van der Waals surface area contributed by atoms with Crippen molar-refractivity contribution in [2.45, 2.75) is 29.7 Å². The number of anilines is 1. The minimum absolute atomic E-state index is 0.0843. The van der Waals surface area contributed by atoms with Gasteiger partial charge in [0, 0.05) is 15.5 Å². The first kappa shape index (κ1) is 16.4. The molecule has 5 heteroatoms. The third-order valence-corrected chi connectivity index (χ3v) is 4.07. The first-order chi connectivity index (χ1) is 10.6. The number of hydrogen-bond acceptors (Lipinski definition) is 3. The fraction of sp³-hybridized carbons (Fsp3) is 0.235. The zero-order valence-electron chi connectivity index (χ0n) is 12.7. The maximum Gasteiger partial charge on any atom is 0.319 e. The Hall–Kier alpha value is -1.98. The lowest BCUT2D eigenvalue weighted by atomic mass is 10.2. The van der Waals surface area contributed by atoms with Crippen LogP contribution in [0.5, 0.6) is 0 Å². The van der Waals surface area contributed by atoms with Gasteiger partial charge in [0.15, 0.2) is 0 Å². The van der Waals surface area contributed by atoms with E-state index in [-0.39, 0.29) is 18.7 Å². The number of carbonyl (C=O) groups excluding carboxylic acids is 1. The molecule has 0 aromatic heterocycles. The predicted molar refractivity (Wildman–Crippen MR) is 90.4 cm³/mol. The summed E-state index contributed by atoms with van der Waals surface area (Å²) in [5.41, 5.74) is 1.76. The molecule has 3 N–H and O–H groups in total. The minimum atomic E-state index is -0.312. The lowest BCUT2D eigenvalue weighted by molar-refractivity contribution is 0.229. The summed E-state index contributed by atoms with van der Waals surface area (Å²) in [5.74, 6) is 0. The van der Waals surface area contributed by atoms with Crippen molar-refractivity contribution in [2.24, 2.45) is 0 Å². The van der Waals surface area contributed by atoms with Gasteiger partial charge in [-0.15, -0.1) is 0 Å². The average molecular weight is 316 g/mol. The topological polar surface area (TPSA) is 61.4 Å². The van der Waals surface area contributed by atoms with E-state index in [4.69, 9.17) is 5.11 Å². The van der Waals surface area contributed by atoms with Crippen LogP contribution in [0.4, 0.5) is 10.5 Å². The lowest BCUT2D eigenvalue weighted by Gasteiger charge is -2.14. The van der Waals surface area contributed by atoms with Crippen molar-refractivity contribution in [3.05, 3.63) is 54.1 Å². The number of amides is 2. The van der Waals surface area contributed by atoms with Crippen LogP contribution < -0.4 is 10.6 Å². The van der Waals surface area contributed by atoms with Gasteiger partial charge in [-0.05, 0) is 49.7 Å². The number of urea groups is 1. The van der Waals surface area contributed by atoms with E-state index in [1.165, 1.54) is 4.90 Å². The van der Waals surface area contributed by atoms with Crippen molar-refractivity contribution in [1.82, 2.24) is 5.32 Å². The molecule has 0 bridgehead atoms. The summed E-state index contributed by atoms with van der Waals surface area (Å²) in [6.45, 7) is 3.62. The van der Waals surface area contributed by atoms with Gasteiger partial charge in [-0.3, -0.25) is 0 Å². The maximum absolute atomic E-state index is 11.8. The smallest absolute Gasteiger partial charge is 0.319 e. The van der Waals surface area contributed by atoms with Crippen LogP contribution in [0.2, 0.25) is 0 Å². The van der Waals surface area contributed by atoms with Crippen LogP contribution in [0.1, 0.15) is 12.5 Å². The second kappa shape index (κ2) is 7.87. The van der Waals surface area contributed by atoms with Crippen molar-refractivity contribution in [1.29, 1.82) is 0 Å². The van der Waals surface area contributed by atoms with E-state index in [1.54, 1.807) is 18.7 Å². The molecule has 22 heavy (non-hydrogen) atoms. The Balaban J connectivity index is 2.02. The Morgan fingerprint density at radius 2 is 1.91 bits per heavy atom. The van der Waals surface area contributed by atoms with Gasteiger partial charge in [0.1, 0.15) is 0 Å². The molecule has 0 fully saturated rings. The van der Waals surface area contributed by atoms with Crippen molar-refractivity contribution >= 4 is 23.5 Å². The molecule has 116 valence electrons. The van der Waals surface area contributed by atoms with Crippen LogP contribution in [0.15, 0.2) is 58.3 Å². The highest BCUT2D eigenvalue weighted by molar-refractivity contribution is 7.99. The Morgan fingerprint density at radius 1 is 1.18 bits per heavy atom. The molecular formula is C17H20N2O2S. The van der Waals surface area contributed by atoms with Crippen molar-refractivity contribution in [3.63, 3.8) is 0 Å². The Bertz CT molecular complexity index is 632. The number of carbonyl (C=O) groups is 1. The molecule has 2 rings (SSSR count). The Morgan fingerprint density at radius 3 is 2.55 bits per heavy atom. The van der Waals surface area contributed by atoms with E-state index in [9.17, 15) is 4.79 Å². The van der Waals surface area contributed by atoms with Crippen LogP contribution in [-0.2, 0) is 0 Å². The normalized spacial score (nSPS) is 11.8. The lowest BCUT2D eigenvalue weighted by Crippen LogP contribution is -2.38. The summed E-state index contributed by atoms with van der Waals surface area (Å²) in [6.07, 6.45) is 0. The van der Waals surface area contributed by atoms with E-state index >= 15 is 0 Å². The molecule has 4 nitrogen and oxygen atoms in total. The molecule has 0 saturated heterocycles. The number of nitrogens with one attached hydrogen (secondary N) is 2. The molecule has 0 radical (unpaired) electrons. The summed E-state index contributed by atoms with van der Waals surface area (Å²) in [5, 5.41) is 14.4. The van der Waals surface area contributed by atoms with Gasteiger partial charge in [-0.1, -0.05) is 30.0 Å². The SMILES string of the molecule is Cc1cc(Sc2ccccc2)ccc1NC(=O)NC(C)CO. The summed E-state index contributed by atoms with van der Waals surface area (Å²) in [6, 6.07) is 15.5. The number of aliphatic hydroxyl groups excluding tert-OH is 1. The highest BCUT2D eigenvalue weighted by atomic mass is 32.2. The number of aryl methyl sites for hydroxylation is 1. The summed E-state index contributed by atoms with van der Waals surface area (Å²) in [4.78, 5) is 14.1. The van der Waals surface area contributed by atoms with Gasteiger partial charge in [-0.2, -0.15) is 0 Å². The second-order valence-electron chi connectivity index (χ2n) is 5.07. The number of rotatable bonds is 5. The summed E-state index contributed by atoms with van der Waals surface area (Å²) < 4.78 is 0. The first-order valence-corrected chi connectivity index (χ1v) is 7.92. The quantitative estimate of drug-likeness (QED) is 0.789. The minimum Gasteiger partial charge on any atom is -0.394 e. The summed E-state index contributed by atoms with van der Waals surface area (Å²) in [7, 11) is 0. The zero-order valence-corrected chi connectivity index (χ0v) is 13.5. The van der Waals surface area contributed by atoms with Gasteiger partial charge in [0.25, 0.3) is 0 Å². The van der Waals surface area contributed by atoms with Gasteiger partial charge in [0.05, 0.1) is 12.6 Å². The molecule has 0 heterocycles. The molecule has 2 amide bonds. The molecule has 1 unspecified atom stereocenters. The number of hydrogen-bond donors (Lipinski definition) is 3. The van der Waals surface area contributed by atoms with Crippen LogP contribution in [0, 0.1) is 6.92 Å². The van der Waals surface area contributed by atoms with Crippen molar-refractivity contribution in [3.8, 4) is 0 Å². The molecule has 0 aliphatic heterocycles. The standard InChI is InChI=1S/C17H20N2O2S/c1-12-10-15(22-14-6-4-3-5-7-14)8-9-16(12)19-17(21)18-13(2)11-20/h3-10,13,20H,11H2,1-2H3,(H2,18,19,21). The van der Waals surface area contributed by atoms with Crippen LogP contribution in [0.3, 0.4) is 0 Å². The van der Waals surface area contributed by atoms with Gasteiger partial charge >= 0.3 is 6.03 Å². The van der Waals surface area contributed by atoms with Gasteiger partial charge < -0.3 is 15.7 Å². The fourth-order valence-corrected chi connectivity index (χ4v) is 2.83. The number of aliphatic hydroxyl groups is 1. The molecule has 2 aromatic carbocycles. The van der Waals surface area contributed by atoms with Gasteiger partial charge in [0.2, 0.25) is 0 Å². The van der Waals surface area contributed by atoms with Crippen LogP contribution >= 0.6 is 11.8 Å². The van der Waals surface area contributed by atoms with Crippen LogP contribution in [0.25, 0.3) is 0 Å². The largest absolute Gasteiger partial charge is 0.394 e. The number of benzene rings is 2.